The van der Waals surface area contributed by atoms with Crippen molar-refractivity contribution in [3.05, 3.63) is 44.5 Å². The number of benzene rings is 1. The number of halogens is 2. The maximum atomic E-state index is 10.8. The third-order valence-corrected chi connectivity index (χ3v) is 6.38. The van der Waals surface area contributed by atoms with Gasteiger partial charge in [0.1, 0.15) is 0 Å². The van der Waals surface area contributed by atoms with Gasteiger partial charge in [0.05, 0.1) is 21.0 Å². The minimum Gasteiger partial charge on any atom is -0.492 e. The van der Waals surface area contributed by atoms with Crippen LogP contribution in [0.4, 0.5) is 0 Å². The predicted molar refractivity (Wildman–Crippen MR) is 101 cm³/mol. The van der Waals surface area contributed by atoms with Crippen molar-refractivity contribution < 1.29 is 5.11 Å². The van der Waals surface area contributed by atoms with Gasteiger partial charge >= 0.3 is 0 Å². The molecule has 1 aliphatic heterocycles. The van der Waals surface area contributed by atoms with Crippen LogP contribution >= 0.6 is 34.5 Å². The standard InChI is InChI=1S/C17H18Cl2N4OS/c1-2-13-20-17-23(21-13)16(24)15(25-17)14(22-7-3-4-8-22)10-5-6-11(18)12(19)9-10/h5-6,9,14,24H,2-4,7-8H2,1H3/t14-/m0/s1. The van der Waals surface area contributed by atoms with Gasteiger partial charge in [0.25, 0.3) is 0 Å². The Labute approximate surface area is 159 Å². The Morgan fingerprint density at radius 2 is 2.00 bits per heavy atom. The molecule has 0 saturated carbocycles. The number of thiazole rings is 1. The van der Waals surface area contributed by atoms with Gasteiger partial charge in [0.2, 0.25) is 10.8 Å². The van der Waals surface area contributed by atoms with Gasteiger partial charge in [-0.1, -0.05) is 47.5 Å². The Morgan fingerprint density at radius 3 is 2.64 bits per heavy atom. The summed E-state index contributed by atoms with van der Waals surface area (Å²) in [5, 5.41) is 16.2. The van der Waals surface area contributed by atoms with Crippen molar-refractivity contribution in [1.29, 1.82) is 0 Å². The van der Waals surface area contributed by atoms with Crippen LogP contribution in [0.1, 0.15) is 42.1 Å². The lowest BCUT2D eigenvalue weighted by atomic mass is 10.0. The van der Waals surface area contributed by atoms with E-state index in [1.807, 2.05) is 25.1 Å². The molecule has 1 atom stereocenters. The highest BCUT2D eigenvalue weighted by atomic mass is 35.5. The van der Waals surface area contributed by atoms with E-state index >= 15 is 0 Å². The van der Waals surface area contributed by atoms with Gasteiger partial charge in [-0.2, -0.15) is 4.52 Å². The van der Waals surface area contributed by atoms with Gasteiger partial charge in [-0.05, 0) is 43.6 Å². The lowest BCUT2D eigenvalue weighted by Crippen LogP contribution is -2.26. The molecule has 8 heteroatoms. The second kappa shape index (κ2) is 6.76. The zero-order valence-corrected chi connectivity index (χ0v) is 16.1. The molecule has 25 heavy (non-hydrogen) atoms. The second-order valence-electron chi connectivity index (χ2n) is 6.19. The first kappa shape index (κ1) is 17.1. The largest absolute Gasteiger partial charge is 0.492 e. The quantitative estimate of drug-likeness (QED) is 0.702. The SMILES string of the molecule is CCc1nc2sc([C@H](c3ccc(Cl)c(Cl)c3)N3CCCC3)c(O)n2n1. The van der Waals surface area contributed by atoms with Gasteiger partial charge in [-0.25, -0.2) is 4.98 Å². The van der Waals surface area contributed by atoms with Crippen LogP contribution in [0, 0.1) is 0 Å². The number of aryl methyl sites for hydroxylation is 1. The average molecular weight is 397 g/mol. The van der Waals surface area contributed by atoms with Crippen molar-refractivity contribution in [1.82, 2.24) is 19.5 Å². The van der Waals surface area contributed by atoms with Crippen molar-refractivity contribution in [3.8, 4) is 5.88 Å². The van der Waals surface area contributed by atoms with Crippen LogP contribution < -0.4 is 0 Å². The number of nitrogens with zero attached hydrogens (tertiary/aromatic N) is 4. The first-order valence-electron chi connectivity index (χ1n) is 8.34. The summed E-state index contributed by atoms with van der Waals surface area (Å²) in [5.74, 6) is 0.899. The topological polar surface area (TPSA) is 53.7 Å². The van der Waals surface area contributed by atoms with Gasteiger partial charge in [-0.15, -0.1) is 5.10 Å². The van der Waals surface area contributed by atoms with Crippen LogP contribution in [0.3, 0.4) is 0 Å². The van der Waals surface area contributed by atoms with Crippen LogP contribution in [-0.4, -0.2) is 37.7 Å². The maximum Gasteiger partial charge on any atom is 0.230 e. The second-order valence-corrected chi connectivity index (χ2v) is 8.01. The predicted octanol–water partition coefficient (Wildman–Crippen LogP) is 4.55. The van der Waals surface area contributed by atoms with E-state index in [9.17, 15) is 5.11 Å². The minimum absolute atomic E-state index is 0.0733. The van der Waals surface area contributed by atoms with Crippen molar-refractivity contribution >= 4 is 39.5 Å². The van der Waals surface area contributed by atoms with Crippen LogP contribution in [0.2, 0.25) is 10.0 Å². The lowest BCUT2D eigenvalue weighted by Gasteiger charge is -2.27. The van der Waals surface area contributed by atoms with Gasteiger partial charge < -0.3 is 5.11 Å². The van der Waals surface area contributed by atoms with Crippen molar-refractivity contribution in [2.45, 2.75) is 32.2 Å². The van der Waals surface area contributed by atoms with E-state index in [1.54, 1.807) is 4.52 Å². The normalized spacial score (nSPS) is 16.8. The third kappa shape index (κ3) is 3.01. The van der Waals surface area contributed by atoms with Gasteiger partial charge in [0.15, 0.2) is 5.82 Å². The number of aromatic hydroxyl groups is 1. The van der Waals surface area contributed by atoms with Crippen LogP contribution in [0.25, 0.3) is 4.96 Å². The smallest absolute Gasteiger partial charge is 0.230 e. The summed E-state index contributed by atoms with van der Waals surface area (Å²) >= 11 is 13.8. The summed E-state index contributed by atoms with van der Waals surface area (Å²) in [6, 6.07) is 5.60. The van der Waals surface area contributed by atoms with Gasteiger partial charge in [0, 0.05) is 6.42 Å². The van der Waals surface area contributed by atoms with E-state index in [0.29, 0.717) is 15.0 Å². The molecule has 0 bridgehead atoms. The number of rotatable bonds is 4. The molecule has 1 aliphatic rings. The number of fused-ring (bicyclic) bond motifs is 1. The molecule has 1 N–H and O–H groups in total. The molecule has 0 amide bonds. The molecule has 3 aromatic rings. The first-order valence-corrected chi connectivity index (χ1v) is 9.92. The molecular weight excluding hydrogens is 379 g/mol. The van der Waals surface area contributed by atoms with Crippen molar-refractivity contribution in [3.63, 3.8) is 0 Å². The van der Waals surface area contributed by atoms with E-state index in [-0.39, 0.29) is 11.9 Å². The summed E-state index contributed by atoms with van der Waals surface area (Å²) < 4.78 is 1.54. The molecule has 1 saturated heterocycles. The molecule has 0 unspecified atom stereocenters. The van der Waals surface area contributed by atoms with Crippen LogP contribution in [-0.2, 0) is 6.42 Å². The summed E-state index contributed by atoms with van der Waals surface area (Å²) in [6.07, 6.45) is 3.05. The minimum atomic E-state index is -0.0733. The number of likely N-dealkylation sites (tertiary alicyclic amines) is 1. The molecule has 1 aromatic carbocycles. The zero-order valence-electron chi connectivity index (χ0n) is 13.7. The Balaban J connectivity index is 1.84. The lowest BCUT2D eigenvalue weighted by molar-refractivity contribution is 0.277. The molecule has 3 heterocycles. The summed E-state index contributed by atoms with van der Waals surface area (Å²) in [7, 11) is 0. The highest BCUT2D eigenvalue weighted by molar-refractivity contribution is 7.17. The molecule has 5 nitrogen and oxygen atoms in total. The summed E-state index contributed by atoms with van der Waals surface area (Å²) in [4.78, 5) is 8.42. The van der Waals surface area contributed by atoms with E-state index in [0.717, 1.165) is 48.6 Å². The first-order chi connectivity index (χ1) is 12.1. The summed E-state index contributed by atoms with van der Waals surface area (Å²) in [6.45, 7) is 3.97. The molecular formula is C17H18Cl2N4OS. The molecule has 4 rings (SSSR count). The van der Waals surface area contributed by atoms with Crippen LogP contribution in [0.15, 0.2) is 18.2 Å². The number of aromatic nitrogens is 3. The van der Waals surface area contributed by atoms with Crippen molar-refractivity contribution in [2.75, 3.05) is 13.1 Å². The fourth-order valence-corrected chi connectivity index (χ4v) is 4.77. The van der Waals surface area contributed by atoms with E-state index in [4.69, 9.17) is 23.2 Å². The molecule has 1 fully saturated rings. The third-order valence-electron chi connectivity index (χ3n) is 4.57. The van der Waals surface area contributed by atoms with Crippen LogP contribution in [0.5, 0.6) is 5.88 Å². The molecule has 2 aromatic heterocycles. The highest BCUT2D eigenvalue weighted by Gasteiger charge is 2.31. The zero-order chi connectivity index (χ0) is 17.6. The average Bonchev–Trinajstić information content (AvgIpc) is 3.31. The highest BCUT2D eigenvalue weighted by Crippen LogP contribution is 2.42. The Morgan fingerprint density at radius 1 is 1.24 bits per heavy atom. The molecule has 0 spiro atoms. The van der Waals surface area contributed by atoms with Gasteiger partial charge in [-0.3, -0.25) is 4.90 Å². The Kier molecular flexibility index (Phi) is 4.62. The molecule has 0 radical (unpaired) electrons. The Hall–Kier alpha value is -1.34. The van der Waals surface area contributed by atoms with E-state index in [2.05, 4.69) is 15.0 Å². The van der Waals surface area contributed by atoms with E-state index < -0.39 is 0 Å². The molecule has 132 valence electrons. The van der Waals surface area contributed by atoms with E-state index in [1.165, 1.54) is 11.3 Å². The summed E-state index contributed by atoms with van der Waals surface area (Å²) in [5.41, 5.74) is 1.02. The molecule has 0 aliphatic carbocycles. The number of hydrogen-bond donors (Lipinski definition) is 1. The van der Waals surface area contributed by atoms with Crippen molar-refractivity contribution in [2.24, 2.45) is 0 Å². The number of hydrogen-bond acceptors (Lipinski definition) is 5. The maximum absolute atomic E-state index is 10.8. The fourth-order valence-electron chi connectivity index (χ4n) is 3.33. The Bertz CT molecular complexity index is 917. The fraction of sp³-hybridized carbons (Fsp3) is 0.412. The monoisotopic (exact) mass is 396 g/mol.